The van der Waals surface area contributed by atoms with Crippen LogP contribution in [0.2, 0.25) is 5.02 Å². The molecule has 168 valence electrons. The first-order valence-corrected chi connectivity index (χ1v) is 10.5. The van der Waals surface area contributed by atoms with E-state index in [1.807, 2.05) is 12.1 Å². The van der Waals surface area contributed by atoms with E-state index in [0.29, 0.717) is 16.4 Å². The van der Waals surface area contributed by atoms with E-state index < -0.39 is 11.5 Å². The van der Waals surface area contributed by atoms with E-state index in [4.69, 9.17) is 11.6 Å². The topological polar surface area (TPSA) is 94.7 Å². The molecule has 0 radical (unpaired) electrons. The van der Waals surface area contributed by atoms with Gasteiger partial charge in [0.05, 0.1) is 24.1 Å². The number of hydrogen-bond donors (Lipinski definition) is 1. The van der Waals surface area contributed by atoms with Crippen molar-refractivity contribution in [3.63, 3.8) is 0 Å². The molecule has 0 fully saturated rings. The van der Waals surface area contributed by atoms with E-state index >= 15 is 0 Å². The van der Waals surface area contributed by atoms with Gasteiger partial charge in [0, 0.05) is 29.5 Å². The molecular formula is C23H20Cl2N6O2. The minimum atomic E-state index is -0.516. The molecule has 1 aromatic carbocycles. The summed E-state index contributed by atoms with van der Waals surface area (Å²) in [6.45, 7) is 0. The monoisotopic (exact) mass is 482 g/mol. The summed E-state index contributed by atoms with van der Waals surface area (Å²) in [6.07, 6.45) is 6.47. The van der Waals surface area contributed by atoms with Crippen LogP contribution >= 0.6 is 24.0 Å². The maximum absolute atomic E-state index is 13.2. The Morgan fingerprint density at radius 2 is 2.00 bits per heavy atom. The van der Waals surface area contributed by atoms with Crippen LogP contribution in [0.5, 0.6) is 0 Å². The quantitative estimate of drug-likeness (QED) is 0.480. The highest BCUT2D eigenvalue weighted by Crippen LogP contribution is 2.29. The van der Waals surface area contributed by atoms with E-state index in [0.717, 1.165) is 29.7 Å². The van der Waals surface area contributed by atoms with Gasteiger partial charge in [-0.05, 0) is 42.7 Å². The SMILES string of the molecule is Cl.Cn1cc(-n2nc(-c3ccc(Cl)cc3)cc(C(=O)NC3CCc4ncccc43)c2=O)cn1. The van der Waals surface area contributed by atoms with Crippen molar-refractivity contribution < 1.29 is 4.79 Å². The van der Waals surface area contributed by atoms with Crippen molar-refractivity contribution in [2.45, 2.75) is 18.9 Å². The number of nitrogens with zero attached hydrogens (tertiary/aromatic N) is 5. The third-order valence-electron chi connectivity index (χ3n) is 5.51. The van der Waals surface area contributed by atoms with Gasteiger partial charge in [-0.2, -0.15) is 14.9 Å². The third-order valence-corrected chi connectivity index (χ3v) is 5.76. The van der Waals surface area contributed by atoms with Gasteiger partial charge in [0.2, 0.25) is 0 Å². The first-order valence-electron chi connectivity index (χ1n) is 10.1. The van der Waals surface area contributed by atoms with Crippen LogP contribution in [-0.2, 0) is 13.5 Å². The number of fused-ring (bicyclic) bond motifs is 1. The van der Waals surface area contributed by atoms with Crippen LogP contribution < -0.4 is 10.9 Å². The minimum absolute atomic E-state index is 0. The van der Waals surface area contributed by atoms with Gasteiger partial charge in [-0.3, -0.25) is 19.3 Å². The number of halogens is 2. The molecule has 1 aliphatic rings. The van der Waals surface area contributed by atoms with Crippen molar-refractivity contribution in [3.8, 4) is 16.9 Å². The fraction of sp³-hybridized carbons (Fsp3) is 0.174. The minimum Gasteiger partial charge on any atom is -0.345 e. The summed E-state index contributed by atoms with van der Waals surface area (Å²) in [5.74, 6) is -0.452. The molecule has 8 nitrogen and oxygen atoms in total. The van der Waals surface area contributed by atoms with Gasteiger partial charge >= 0.3 is 0 Å². The summed E-state index contributed by atoms with van der Waals surface area (Å²) in [7, 11) is 1.75. The van der Waals surface area contributed by atoms with Crippen LogP contribution in [0.4, 0.5) is 0 Å². The average molecular weight is 483 g/mol. The van der Waals surface area contributed by atoms with Crippen molar-refractivity contribution in [2.75, 3.05) is 0 Å². The number of pyridine rings is 1. The summed E-state index contributed by atoms with van der Waals surface area (Å²) in [4.78, 5) is 30.9. The number of aromatic nitrogens is 5. The van der Waals surface area contributed by atoms with Gasteiger partial charge in [0.15, 0.2) is 0 Å². The molecule has 3 aromatic heterocycles. The second-order valence-corrected chi connectivity index (χ2v) is 8.08. The van der Waals surface area contributed by atoms with Crippen LogP contribution in [-0.4, -0.2) is 30.5 Å². The van der Waals surface area contributed by atoms with Crippen molar-refractivity contribution in [3.05, 3.63) is 93.3 Å². The summed E-state index contributed by atoms with van der Waals surface area (Å²) in [5.41, 5.74) is 3.13. The molecule has 5 rings (SSSR count). The van der Waals surface area contributed by atoms with E-state index in [1.165, 1.54) is 16.9 Å². The third kappa shape index (κ3) is 4.40. The Bertz CT molecular complexity index is 1380. The predicted molar refractivity (Wildman–Crippen MR) is 127 cm³/mol. The van der Waals surface area contributed by atoms with Gasteiger partial charge in [-0.1, -0.05) is 29.8 Å². The van der Waals surface area contributed by atoms with Crippen LogP contribution in [0.1, 0.15) is 34.1 Å². The first kappa shape index (κ1) is 22.7. The van der Waals surface area contributed by atoms with Crippen LogP contribution in [0.15, 0.2) is 65.8 Å². The maximum atomic E-state index is 13.2. The summed E-state index contributed by atoms with van der Waals surface area (Å²) >= 11 is 6.02. The molecule has 1 amide bonds. The molecule has 1 unspecified atom stereocenters. The number of nitrogens with one attached hydrogen (secondary N) is 1. The lowest BCUT2D eigenvalue weighted by Gasteiger charge is -2.15. The molecule has 1 aliphatic carbocycles. The molecule has 10 heteroatoms. The first-order chi connectivity index (χ1) is 15.5. The average Bonchev–Trinajstić information content (AvgIpc) is 3.41. The van der Waals surface area contributed by atoms with E-state index in [1.54, 1.807) is 48.4 Å². The number of aryl methyl sites for hydroxylation is 2. The Kier molecular flexibility index (Phi) is 6.31. The number of amides is 1. The van der Waals surface area contributed by atoms with Gasteiger partial charge in [0.25, 0.3) is 11.5 Å². The van der Waals surface area contributed by atoms with Crippen LogP contribution in [0.3, 0.4) is 0 Å². The zero-order valence-electron chi connectivity index (χ0n) is 17.6. The molecule has 4 aromatic rings. The van der Waals surface area contributed by atoms with Crippen molar-refractivity contribution in [2.24, 2.45) is 7.05 Å². The fourth-order valence-corrected chi connectivity index (χ4v) is 4.04. The van der Waals surface area contributed by atoms with Gasteiger partial charge in [0.1, 0.15) is 11.3 Å². The second-order valence-electron chi connectivity index (χ2n) is 7.64. The van der Waals surface area contributed by atoms with Crippen molar-refractivity contribution in [1.29, 1.82) is 0 Å². The highest BCUT2D eigenvalue weighted by molar-refractivity contribution is 6.30. The van der Waals surface area contributed by atoms with Gasteiger partial charge < -0.3 is 5.32 Å². The highest BCUT2D eigenvalue weighted by atomic mass is 35.5. The Morgan fingerprint density at radius 1 is 1.21 bits per heavy atom. The van der Waals surface area contributed by atoms with Crippen LogP contribution in [0.25, 0.3) is 16.9 Å². The molecule has 0 saturated heterocycles. The van der Waals surface area contributed by atoms with Gasteiger partial charge in [-0.15, -0.1) is 12.4 Å². The molecule has 3 heterocycles. The van der Waals surface area contributed by atoms with E-state index in [-0.39, 0.29) is 24.0 Å². The van der Waals surface area contributed by atoms with Gasteiger partial charge in [-0.25, -0.2) is 0 Å². The molecule has 0 bridgehead atoms. The Labute approximate surface area is 200 Å². The standard InChI is InChI=1S/C23H19ClN6O2.ClH/c1-29-13-16(12-26-29)30-23(32)18(11-21(28-30)14-4-6-15(24)7-5-14)22(31)27-20-9-8-19-17(20)3-2-10-25-19;/h2-7,10-13,20H,8-9H2,1H3,(H,27,31);1H. The smallest absolute Gasteiger partial charge is 0.284 e. The predicted octanol–water partition coefficient (Wildman–Crippen LogP) is 3.52. The Balaban J connectivity index is 0.00000259. The van der Waals surface area contributed by atoms with Crippen molar-refractivity contribution in [1.82, 2.24) is 29.9 Å². The lowest BCUT2D eigenvalue weighted by molar-refractivity contribution is 0.0934. The van der Waals surface area contributed by atoms with E-state index in [9.17, 15) is 9.59 Å². The lowest BCUT2D eigenvalue weighted by Crippen LogP contribution is -2.35. The second kappa shape index (κ2) is 9.17. The van der Waals surface area contributed by atoms with Crippen LogP contribution in [0, 0.1) is 0 Å². The highest BCUT2D eigenvalue weighted by Gasteiger charge is 2.27. The number of benzene rings is 1. The molecule has 33 heavy (non-hydrogen) atoms. The number of rotatable bonds is 4. The largest absolute Gasteiger partial charge is 0.345 e. The number of hydrogen-bond acceptors (Lipinski definition) is 5. The lowest BCUT2D eigenvalue weighted by atomic mass is 10.1. The maximum Gasteiger partial charge on any atom is 0.284 e. The number of carbonyl (C=O) groups is 1. The zero-order valence-corrected chi connectivity index (χ0v) is 19.2. The zero-order chi connectivity index (χ0) is 22.2. The molecule has 0 spiro atoms. The molecule has 1 N–H and O–H groups in total. The summed E-state index contributed by atoms with van der Waals surface area (Å²) < 4.78 is 2.77. The number of carbonyl (C=O) groups excluding carboxylic acids is 1. The van der Waals surface area contributed by atoms with E-state index in [2.05, 4.69) is 20.5 Å². The summed E-state index contributed by atoms with van der Waals surface area (Å²) in [6, 6.07) is 12.2. The molecular weight excluding hydrogens is 463 g/mol. The Morgan fingerprint density at radius 3 is 2.73 bits per heavy atom. The molecule has 0 aliphatic heterocycles. The molecule has 0 saturated carbocycles. The van der Waals surface area contributed by atoms with Crippen molar-refractivity contribution >= 4 is 29.9 Å². The fourth-order valence-electron chi connectivity index (χ4n) is 3.91. The normalized spacial score (nSPS) is 14.4. The summed E-state index contributed by atoms with van der Waals surface area (Å²) in [5, 5.41) is 12.2. The molecule has 1 atom stereocenters. The Hall–Kier alpha value is -3.49.